The Bertz CT molecular complexity index is 821. The normalized spacial score (nSPS) is 10.5. The number of ether oxygens (including phenoxy) is 1. The smallest absolute Gasteiger partial charge is 0.213 e. The van der Waals surface area contributed by atoms with Crippen LogP contribution in [-0.2, 0) is 0 Å². The Labute approximate surface area is 126 Å². The van der Waals surface area contributed by atoms with Crippen LogP contribution in [0.1, 0.15) is 0 Å². The zero-order valence-electron chi connectivity index (χ0n) is 11.5. The van der Waals surface area contributed by atoms with Crippen molar-refractivity contribution in [1.82, 2.24) is 4.98 Å². The van der Waals surface area contributed by atoms with Gasteiger partial charge in [0.25, 0.3) is 0 Å². The van der Waals surface area contributed by atoms with E-state index in [4.69, 9.17) is 10.5 Å². The Morgan fingerprint density at radius 2 is 1.82 bits per heavy atom. The molecule has 0 radical (unpaired) electrons. The maximum atomic E-state index is 13.3. The highest BCUT2D eigenvalue weighted by Gasteiger charge is 2.10. The minimum Gasteiger partial charge on any atom is -0.457 e. The third-order valence-electron chi connectivity index (χ3n) is 3.07. The molecule has 0 saturated heterocycles. The molecule has 110 valence electrons. The molecule has 0 aliphatic rings. The molecule has 5 heteroatoms. The summed E-state index contributed by atoms with van der Waals surface area (Å²) in [4.78, 5) is 3.53. The van der Waals surface area contributed by atoms with Gasteiger partial charge in [0.15, 0.2) is 0 Å². The molecule has 0 aliphatic heterocycles. The molecule has 1 aromatic heterocycles. The van der Waals surface area contributed by atoms with E-state index in [1.165, 1.54) is 24.4 Å². The second kappa shape index (κ2) is 5.81. The number of rotatable bonds is 3. The van der Waals surface area contributed by atoms with Gasteiger partial charge in [0.1, 0.15) is 17.3 Å². The first kappa shape index (κ1) is 14.0. The van der Waals surface area contributed by atoms with Crippen molar-refractivity contribution in [3.8, 4) is 22.6 Å². The fourth-order valence-corrected chi connectivity index (χ4v) is 2.09. The summed E-state index contributed by atoms with van der Waals surface area (Å²) in [6, 6.07) is 13.7. The van der Waals surface area contributed by atoms with Crippen LogP contribution in [-0.4, -0.2) is 4.98 Å². The van der Waals surface area contributed by atoms with Crippen LogP contribution >= 0.6 is 0 Å². The van der Waals surface area contributed by atoms with Gasteiger partial charge < -0.3 is 10.5 Å². The van der Waals surface area contributed by atoms with Crippen molar-refractivity contribution in [1.29, 1.82) is 0 Å². The van der Waals surface area contributed by atoms with Crippen molar-refractivity contribution >= 4 is 5.69 Å². The Morgan fingerprint density at radius 1 is 0.955 bits per heavy atom. The molecule has 0 fully saturated rings. The molecule has 0 amide bonds. The Morgan fingerprint density at radius 3 is 2.59 bits per heavy atom. The second-order valence-electron chi connectivity index (χ2n) is 4.68. The quantitative estimate of drug-likeness (QED) is 0.576. The summed E-state index contributed by atoms with van der Waals surface area (Å²) in [5.41, 5.74) is 7.50. The first-order valence-electron chi connectivity index (χ1n) is 6.57. The molecule has 2 N–H and O–H groups in total. The molecule has 3 aromatic rings. The van der Waals surface area contributed by atoms with Crippen LogP contribution in [0.25, 0.3) is 11.1 Å². The molecule has 3 rings (SSSR count). The summed E-state index contributed by atoms with van der Waals surface area (Å²) in [7, 11) is 0. The van der Waals surface area contributed by atoms with E-state index in [1.54, 1.807) is 36.4 Å². The SMILES string of the molecule is Nc1ccc(-c2ccnc(F)c2)c(Oc2cccc(F)c2)c1. The molecule has 0 unspecified atom stereocenters. The van der Waals surface area contributed by atoms with E-state index in [-0.39, 0.29) is 0 Å². The number of anilines is 1. The summed E-state index contributed by atoms with van der Waals surface area (Å²) >= 11 is 0. The fourth-order valence-electron chi connectivity index (χ4n) is 2.09. The third-order valence-corrected chi connectivity index (χ3v) is 3.07. The highest BCUT2D eigenvalue weighted by Crippen LogP contribution is 2.35. The van der Waals surface area contributed by atoms with Crippen molar-refractivity contribution in [2.45, 2.75) is 0 Å². The van der Waals surface area contributed by atoms with Gasteiger partial charge in [0.2, 0.25) is 5.95 Å². The lowest BCUT2D eigenvalue weighted by atomic mass is 10.1. The van der Waals surface area contributed by atoms with Crippen molar-refractivity contribution in [3.63, 3.8) is 0 Å². The van der Waals surface area contributed by atoms with Crippen LogP contribution in [0.2, 0.25) is 0 Å². The predicted molar refractivity (Wildman–Crippen MR) is 80.5 cm³/mol. The number of nitrogens with zero attached hydrogens (tertiary/aromatic N) is 1. The van der Waals surface area contributed by atoms with Crippen LogP contribution in [0, 0.1) is 11.8 Å². The van der Waals surface area contributed by atoms with Crippen molar-refractivity contribution in [2.24, 2.45) is 0 Å². The standard InChI is InChI=1S/C17H12F2N2O/c18-12-2-1-3-14(9-12)22-16-10-13(20)4-5-15(16)11-6-7-21-17(19)8-11/h1-10H,20H2. The summed E-state index contributed by atoms with van der Waals surface area (Å²) in [6.07, 6.45) is 1.37. The minimum absolute atomic E-state index is 0.335. The Hall–Kier alpha value is -2.95. The average molecular weight is 298 g/mol. The lowest BCUT2D eigenvalue weighted by Crippen LogP contribution is -1.93. The number of hydrogen-bond acceptors (Lipinski definition) is 3. The lowest BCUT2D eigenvalue weighted by Gasteiger charge is -2.12. The van der Waals surface area contributed by atoms with Crippen LogP contribution in [0.15, 0.2) is 60.8 Å². The van der Waals surface area contributed by atoms with Gasteiger partial charge in [-0.25, -0.2) is 9.37 Å². The maximum Gasteiger partial charge on any atom is 0.213 e. The number of aromatic nitrogens is 1. The highest BCUT2D eigenvalue weighted by molar-refractivity contribution is 5.73. The van der Waals surface area contributed by atoms with Gasteiger partial charge in [0.05, 0.1) is 0 Å². The van der Waals surface area contributed by atoms with Gasteiger partial charge in [-0.1, -0.05) is 6.07 Å². The summed E-state index contributed by atoms with van der Waals surface area (Å²) in [5, 5.41) is 0. The number of nitrogen functional groups attached to an aromatic ring is 1. The molecule has 3 nitrogen and oxygen atoms in total. The van der Waals surface area contributed by atoms with Crippen LogP contribution in [0.4, 0.5) is 14.5 Å². The molecule has 0 saturated carbocycles. The van der Waals surface area contributed by atoms with E-state index in [0.717, 1.165) is 0 Å². The van der Waals surface area contributed by atoms with Crippen LogP contribution in [0.3, 0.4) is 0 Å². The van der Waals surface area contributed by atoms with Crippen molar-refractivity contribution in [2.75, 3.05) is 5.73 Å². The van der Waals surface area contributed by atoms with Gasteiger partial charge in [0, 0.05) is 35.6 Å². The summed E-state index contributed by atoms with van der Waals surface area (Å²) < 4.78 is 32.3. The van der Waals surface area contributed by atoms with Gasteiger partial charge in [-0.3, -0.25) is 0 Å². The van der Waals surface area contributed by atoms with Crippen molar-refractivity contribution in [3.05, 3.63) is 72.6 Å². The molecule has 0 atom stereocenters. The van der Waals surface area contributed by atoms with Crippen LogP contribution in [0.5, 0.6) is 11.5 Å². The first-order chi connectivity index (χ1) is 10.6. The van der Waals surface area contributed by atoms with E-state index in [0.29, 0.717) is 28.3 Å². The average Bonchev–Trinajstić information content (AvgIpc) is 2.47. The predicted octanol–water partition coefficient (Wildman–Crippen LogP) is 4.40. The summed E-state index contributed by atoms with van der Waals surface area (Å²) in [5.74, 6) is -0.249. The van der Waals surface area contributed by atoms with E-state index in [1.807, 2.05) is 0 Å². The maximum absolute atomic E-state index is 13.3. The molecular formula is C17H12F2N2O. The van der Waals surface area contributed by atoms with Gasteiger partial charge in [-0.2, -0.15) is 4.39 Å². The minimum atomic E-state index is -0.592. The molecule has 0 aliphatic carbocycles. The number of benzene rings is 2. The Balaban J connectivity index is 2.05. The monoisotopic (exact) mass is 298 g/mol. The van der Waals surface area contributed by atoms with Gasteiger partial charge in [-0.05, 0) is 35.9 Å². The molecule has 0 bridgehead atoms. The summed E-state index contributed by atoms with van der Waals surface area (Å²) in [6.45, 7) is 0. The molecule has 0 spiro atoms. The molecule has 1 heterocycles. The first-order valence-corrected chi connectivity index (χ1v) is 6.57. The largest absolute Gasteiger partial charge is 0.457 e. The number of nitrogens with two attached hydrogens (primary N) is 1. The number of hydrogen-bond donors (Lipinski definition) is 1. The van der Waals surface area contributed by atoms with Crippen molar-refractivity contribution < 1.29 is 13.5 Å². The fraction of sp³-hybridized carbons (Fsp3) is 0. The third kappa shape index (κ3) is 3.03. The molecule has 2 aromatic carbocycles. The zero-order valence-corrected chi connectivity index (χ0v) is 11.5. The topological polar surface area (TPSA) is 48.1 Å². The van der Waals surface area contributed by atoms with Gasteiger partial charge >= 0.3 is 0 Å². The van der Waals surface area contributed by atoms with Crippen LogP contribution < -0.4 is 10.5 Å². The highest BCUT2D eigenvalue weighted by atomic mass is 19.1. The second-order valence-corrected chi connectivity index (χ2v) is 4.68. The van der Waals surface area contributed by atoms with E-state index in [2.05, 4.69) is 4.98 Å². The van der Waals surface area contributed by atoms with E-state index >= 15 is 0 Å². The number of halogens is 2. The zero-order chi connectivity index (χ0) is 15.5. The number of pyridine rings is 1. The molecular weight excluding hydrogens is 286 g/mol. The molecule has 22 heavy (non-hydrogen) atoms. The van der Waals surface area contributed by atoms with E-state index < -0.39 is 11.8 Å². The van der Waals surface area contributed by atoms with E-state index in [9.17, 15) is 8.78 Å². The van der Waals surface area contributed by atoms with Gasteiger partial charge in [-0.15, -0.1) is 0 Å². The Kier molecular flexibility index (Phi) is 3.70. The lowest BCUT2D eigenvalue weighted by molar-refractivity contribution is 0.478.